The van der Waals surface area contributed by atoms with Gasteiger partial charge in [0.1, 0.15) is 12.1 Å². The highest BCUT2D eigenvalue weighted by Crippen LogP contribution is 2.24. The summed E-state index contributed by atoms with van der Waals surface area (Å²) in [6.07, 6.45) is 0.681. The number of carboxylic acids is 1. The molecule has 6 heteroatoms. The van der Waals surface area contributed by atoms with Gasteiger partial charge in [-0.25, -0.2) is 0 Å². The molecular weight excluding hydrogens is 260 g/mol. The zero-order valence-corrected chi connectivity index (χ0v) is 12.6. The van der Waals surface area contributed by atoms with Crippen molar-refractivity contribution in [1.82, 2.24) is 10.1 Å². The lowest BCUT2D eigenvalue weighted by Gasteiger charge is -2.27. The van der Waals surface area contributed by atoms with E-state index in [1.807, 2.05) is 27.7 Å². The molecule has 112 valence electrons. The first kappa shape index (κ1) is 16.2. The average Bonchev–Trinajstić information content (AvgIpc) is 2.76. The van der Waals surface area contributed by atoms with Crippen LogP contribution in [0.3, 0.4) is 0 Å². The van der Waals surface area contributed by atoms with Gasteiger partial charge in [0.25, 0.3) is 5.91 Å². The number of hydrogen-bond donors (Lipinski definition) is 1. The number of amides is 1. The van der Waals surface area contributed by atoms with Gasteiger partial charge in [-0.2, -0.15) is 0 Å². The minimum absolute atomic E-state index is 0.0127. The Balaban J connectivity index is 3.18. The number of aromatic nitrogens is 1. The Morgan fingerprint density at radius 3 is 2.40 bits per heavy atom. The minimum Gasteiger partial charge on any atom is -0.480 e. The maximum atomic E-state index is 12.7. The quantitative estimate of drug-likeness (QED) is 0.866. The molecule has 1 amide bonds. The molecule has 1 atom stereocenters. The summed E-state index contributed by atoms with van der Waals surface area (Å²) in [5, 5.41) is 12.8. The highest BCUT2D eigenvalue weighted by Gasteiger charge is 2.29. The van der Waals surface area contributed by atoms with Gasteiger partial charge in [-0.05, 0) is 20.3 Å². The van der Waals surface area contributed by atoms with Crippen LogP contribution in [0.1, 0.15) is 61.8 Å². The van der Waals surface area contributed by atoms with Crippen molar-refractivity contribution in [3.05, 3.63) is 17.0 Å². The van der Waals surface area contributed by atoms with Gasteiger partial charge in [0.15, 0.2) is 5.76 Å². The second kappa shape index (κ2) is 6.54. The standard InChI is InChI=1S/C14H22N2O4/c1-6-9(4)16(7-11(17)18)14(19)12-10(5)15-20-13(12)8(2)3/h8-9H,6-7H2,1-5H3,(H,17,18). The van der Waals surface area contributed by atoms with Crippen LogP contribution in [0.2, 0.25) is 0 Å². The maximum absolute atomic E-state index is 12.7. The van der Waals surface area contributed by atoms with Gasteiger partial charge < -0.3 is 14.5 Å². The van der Waals surface area contributed by atoms with E-state index in [9.17, 15) is 9.59 Å². The van der Waals surface area contributed by atoms with Gasteiger partial charge in [-0.3, -0.25) is 9.59 Å². The van der Waals surface area contributed by atoms with Crippen molar-refractivity contribution in [2.45, 2.75) is 53.0 Å². The van der Waals surface area contributed by atoms with E-state index in [0.29, 0.717) is 23.4 Å². The zero-order chi connectivity index (χ0) is 15.4. The molecule has 1 rings (SSSR count). The van der Waals surface area contributed by atoms with E-state index in [-0.39, 0.29) is 24.4 Å². The second-order valence-corrected chi connectivity index (χ2v) is 5.25. The Morgan fingerprint density at radius 2 is 1.95 bits per heavy atom. The monoisotopic (exact) mass is 282 g/mol. The summed E-state index contributed by atoms with van der Waals surface area (Å²) in [4.78, 5) is 25.0. The SMILES string of the molecule is CCC(C)N(CC(=O)O)C(=O)c1c(C)noc1C(C)C. The Hall–Kier alpha value is -1.85. The van der Waals surface area contributed by atoms with Crippen LogP contribution in [0.15, 0.2) is 4.52 Å². The summed E-state index contributed by atoms with van der Waals surface area (Å²) < 4.78 is 5.20. The largest absolute Gasteiger partial charge is 0.480 e. The van der Waals surface area contributed by atoms with E-state index in [0.717, 1.165) is 0 Å². The van der Waals surface area contributed by atoms with Crippen LogP contribution < -0.4 is 0 Å². The molecule has 1 aromatic heterocycles. The molecule has 0 aliphatic rings. The first-order valence-corrected chi connectivity index (χ1v) is 6.78. The molecule has 0 aromatic carbocycles. The smallest absolute Gasteiger partial charge is 0.323 e. The fourth-order valence-electron chi connectivity index (χ4n) is 1.98. The van der Waals surface area contributed by atoms with Crippen molar-refractivity contribution in [3.63, 3.8) is 0 Å². The van der Waals surface area contributed by atoms with Crippen molar-refractivity contribution >= 4 is 11.9 Å². The molecule has 1 N–H and O–H groups in total. The van der Waals surface area contributed by atoms with Crippen molar-refractivity contribution in [2.75, 3.05) is 6.54 Å². The van der Waals surface area contributed by atoms with Crippen LogP contribution in [0, 0.1) is 6.92 Å². The lowest BCUT2D eigenvalue weighted by molar-refractivity contribution is -0.138. The minimum atomic E-state index is -1.03. The van der Waals surface area contributed by atoms with Crippen LogP contribution in [-0.2, 0) is 4.79 Å². The van der Waals surface area contributed by atoms with E-state index in [2.05, 4.69) is 5.16 Å². The third-order valence-electron chi connectivity index (χ3n) is 3.32. The zero-order valence-electron chi connectivity index (χ0n) is 12.6. The lowest BCUT2D eigenvalue weighted by atomic mass is 10.0. The molecule has 0 aliphatic carbocycles. The molecule has 6 nitrogen and oxygen atoms in total. The predicted molar refractivity (Wildman–Crippen MR) is 73.8 cm³/mol. The van der Waals surface area contributed by atoms with Gasteiger partial charge in [0.2, 0.25) is 0 Å². The predicted octanol–water partition coefficient (Wildman–Crippen LogP) is 2.43. The van der Waals surface area contributed by atoms with E-state index in [1.165, 1.54) is 4.90 Å². The van der Waals surface area contributed by atoms with Crippen LogP contribution in [0.4, 0.5) is 0 Å². The Labute approximate surface area is 118 Å². The Bertz CT molecular complexity index is 493. The number of aliphatic carboxylic acids is 1. The number of hydrogen-bond acceptors (Lipinski definition) is 4. The van der Waals surface area contributed by atoms with Gasteiger partial charge in [0.05, 0.1) is 5.69 Å². The summed E-state index contributed by atoms with van der Waals surface area (Å²) in [5.74, 6) is -0.840. The van der Waals surface area contributed by atoms with E-state index in [4.69, 9.17) is 9.63 Å². The number of nitrogens with zero attached hydrogens (tertiary/aromatic N) is 2. The Morgan fingerprint density at radius 1 is 1.35 bits per heavy atom. The summed E-state index contributed by atoms with van der Waals surface area (Å²) in [6.45, 7) is 8.92. The van der Waals surface area contributed by atoms with Crippen molar-refractivity contribution in [1.29, 1.82) is 0 Å². The van der Waals surface area contributed by atoms with E-state index >= 15 is 0 Å². The van der Waals surface area contributed by atoms with Crippen molar-refractivity contribution in [3.8, 4) is 0 Å². The summed E-state index contributed by atoms with van der Waals surface area (Å²) >= 11 is 0. The van der Waals surface area contributed by atoms with Crippen LogP contribution in [0.25, 0.3) is 0 Å². The summed E-state index contributed by atoms with van der Waals surface area (Å²) in [6, 6.07) is -0.159. The first-order chi connectivity index (χ1) is 9.29. The van der Waals surface area contributed by atoms with Gasteiger partial charge in [0, 0.05) is 12.0 Å². The van der Waals surface area contributed by atoms with Gasteiger partial charge in [-0.1, -0.05) is 25.9 Å². The van der Waals surface area contributed by atoms with Gasteiger partial charge in [-0.15, -0.1) is 0 Å². The molecule has 0 radical (unpaired) electrons. The highest BCUT2D eigenvalue weighted by molar-refractivity contribution is 5.98. The fraction of sp³-hybridized carbons (Fsp3) is 0.643. The van der Waals surface area contributed by atoms with Crippen LogP contribution in [-0.4, -0.2) is 39.6 Å². The Kier molecular flexibility index (Phi) is 5.30. The molecule has 20 heavy (non-hydrogen) atoms. The average molecular weight is 282 g/mol. The summed E-state index contributed by atoms with van der Waals surface area (Å²) in [7, 11) is 0. The lowest BCUT2D eigenvalue weighted by Crippen LogP contribution is -2.42. The molecule has 0 fully saturated rings. The highest BCUT2D eigenvalue weighted by atomic mass is 16.5. The number of carboxylic acid groups (broad SMARTS) is 1. The molecule has 0 saturated heterocycles. The molecule has 0 spiro atoms. The van der Waals surface area contributed by atoms with Gasteiger partial charge >= 0.3 is 5.97 Å². The molecule has 1 heterocycles. The normalized spacial score (nSPS) is 12.5. The fourth-order valence-corrected chi connectivity index (χ4v) is 1.98. The van der Waals surface area contributed by atoms with Crippen LogP contribution >= 0.6 is 0 Å². The number of carbonyl (C=O) groups is 2. The molecule has 0 aliphatic heterocycles. The molecule has 0 saturated carbocycles. The van der Waals surface area contributed by atoms with Crippen molar-refractivity contribution in [2.24, 2.45) is 0 Å². The topological polar surface area (TPSA) is 83.6 Å². The van der Waals surface area contributed by atoms with E-state index < -0.39 is 5.97 Å². The number of rotatable bonds is 6. The molecule has 1 unspecified atom stereocenters. The molecular formula is C14H22N2O4. The molecule has 1 aromatic rings. The third-order valence-corrected chi connectivity index (χ3v) is 3.32. The maximum Gasteiger partial charge on any atom is 0.323 e. The molecule has 0 bridgehead atoms. The van der Waals surface area contributed by atoms with E-state index in [1.54, 1.807) is 6.92 Å². The van der Waals surface area contributed by atoms with Crippen LogP contribution in [0.5, 0.6) is 0 Å². The third kappa shape index (κ3) is 3.37. The first-order valence-electron chi connectivity index (χ1n) is 6.78. The van der Waals surface area contributed by atoms with Crippen molar-refractivity contribution < 1.29 is 19.2 Å². The second-order valence-electron chi connectivity index (χ2n) is 5.25. The summed E-state index contributed by atoms with van der Waals surface area (Å²) in [5.41, 5.74) is 0.888. The number of aryl methyl sites for hydroxylation is 1. The number of carbonyl (C=O) groups excluding carboxylic acids is 1.